The van der Waals surface area contributed by atoms with Crippen LogP contribution in [0.25, 0.3) is 11.3 Å². The van der Waals surface area contributed by atoms with E-state index in [1.807, 2.05) is 61.7 Å². The smallest absolute Gasteiger partial charge is 0.475 e. The number of hydrogen-bond acceptors (Lipinski definition) is 5. The fourth-order valence-electron chi connectivity index (χ4n) is 2.80. The molecule has 2 aromatic heterocycles. The Hall–Kier alpha value is -4.48. The van der Waals surface area contributed by atoms with Crippen molar-refractivity contribution in [3.05, 3.63) is 84.1 Å². The Labute approximate surface area is 191 Å². The highest BCUT2D eigenvalue weighted by atomic mass is 19.4. The molecule has 176 valence electrons. The number of carboxylic acids is 1. The number of alkyl halides is 3. The molecule has 34 heavy (non-hydrogen) atoms. The summed E-state index contributed by atoms with van der Waals surface area (Å²) in [6, 6.07) is 15.1. The van der Waals surface area contributed by atoms with Gasteiger partial charge >= 0.3 is 12.1 Å². The molecule has 4 rings (SSSR count). The van der Waals surface area contributed by atoms with Gasteiger partial charge in [0, 0.05) is 23.0 Å². The van der Waals surface area contributed by atoms with Crippen molar-refractivity contribution in [1.82, 2.24) is 25.0 Å². The number of imidazole rings is 1. The SMILES string of the molecule is Cc1ccc(-c2cn(Cc3cnc[nH]3)nn2)cc1C(=O)Nc1ccccc1.O=C(O)C(F)(F)F. The Morgan fingerprint density at radius 3 is 2.47 bits per heavy atom. The molecule has 2 heterocycles. The summed E-state index contributed by atoms with van der Waals surface area (Å²) in [6.45, 7) is 2.47. The van der Waals surface area contributed by atoms with E-state index in [4.69, 9.17) is 9.90 Å². The van der Waals surface area contributed by atoms with Crippen molar-refractivity contribution in [3.8, 4) is 11.3 Å². The summed E-state index contributed by atoms with van der Waals surface area (Å²) in [7, 11) is 0. The molecule has 9 nitrogen and oxygen atoms in total. The molecular weight excluding hydrogens is 453 g/mol. The fourth-order valence-corrected chi connectivity index (χ4v) is 2.80. The number of aliphatic carboxylic acids is 1. The predicted molar refractivity (Wildman–Crippen MR) is 116 cm³/mol. The van der Waals surface area contributed by atoms with Gasteiger partial charge in [-0.1, -0.05) is 35.5 Å². The third-order valence-corrected chi connectivity index (χ3v) is 4.48. The number of benzene rings is 2. The Morgan fingerprint density at radius 2 is 1.85 bits per heavy atom. The van der Waals surface area contributed by atoms with E-state index >= 15 is 0 Å². The van der Waals surface area contributed by atoms with Gasteiger partial charge in [-0.2, -0.15) is 13.2 Å². The van der Waals surface area contributed by atoms with Gasteiger partial charge in [0.2, 0.25) is 0 Å². The first-order valence-corrected chi connectivity index (χ1v) is 9.78. The monoisotopic (exact) mass is 472 g/mol. The van der Waals surface area contributed by atoms with Crippen LogP contribution in [0, 0.1) is 6.92 Å². The summed E-state index contributed by atoms with van der Waals surface area (Å²) in [4.78, 5) is 28.6. The second kappa shape index (κ2) is 10.4. The van der Waals surface area contributed by atoms with Crippen molar-refractivity contribution in [2.75, 3.05) is 5.32 Å². The topological polar surface area (TPSA) is 126 Å². The zero-order valence-corrected chi connectivity index (χ0v) is 17.7. The first-order valence-electron chi connectivity index (χ1n) is 9.78. The van der Waals surface area contributed by atoms with Crippen molar-refractivity contribution >= 4 is 17.6 Å². The lowest BCUT2D eigenvalue weighted by molar-refractivity contribution is -0.192. The number of halogens is 3. The lowest BCUT2D eigenvalue weighted by Gasteiger charge is -2.09. The molecule has 2 aromatic carbocycles. The molecule has 0 aliphatic rings. The Morgan fingerprint density at radius 1 is 1.15 bits per heavy atom. The molecule has 4 aromatic rings. The predicted octanol–water partition coefficient (Wildman–Crippen LogP) is 3.91. The van der Waals surface area contributed by atoms with Gasteiger partial charge in [0.15, 0.2) is 0 Å². The number of aryl methyl sites for hydroxylation is 1. The Balaban J connectivity index is 0.000000406. The van der Waals surface area contributed by atoms with Crippen molar-refractivity contribution in [2.24, 2.45) is 0 Å². The lowest BCUT2D eigenvalue weighted by Crippen LogP contribution is -2.21. The van der Waals surface area contributed by atoms with Crippen molar-refractivity contribution in [1.29, 1.82) is 0 Å². The number of nitrogens with one attached hydrogen (secondary N) is 2. The van der Waals surface area contributed by atoms with Crippen molar-refractivity contribution in [3.63, 3.8) is 0 Å². The number of carboxylic acid groups (broad SMARTS) is 1. The van der Waals surface area contributed by atoms with E-state index in [2.05, 4.69) is 25.6 Å². The summed E-state index contributed by atoms with van der Waals surface area (Å²) in [5, 5.41) is 18.4. The van der Waals surface area contributed by atoms with Crippen LogP contribution in [-0.2, 0) is 11.3 Å². The second-order valence-corrected chi connectivity index (χ2v) is 7.03. The molecule has 0 spiro atoms. The van der Waals surface area contributed by atoms with Crippen LogP contribution in [0.1, 0.15) is 21.6 Å². The van der Waals surface area contributed by atoms with Crippen molar-refractivity contribution < 1.29 is 27.9 Å². The average molecular weight is 472 g/mol. The van der Waals surface area contributed by atoms with Gasteiger partial charge < -0.3 is 15.4 Å². The van der Waals surface area contributed by atoms with Crippen LogP contribution in [-0.4, -0.2) is 48.1 Å². The molecular formula is C22H19F3N6O3. The first-order chi connectivity index (χ1) is 16.1. The third kappa shape index (κ3) is 6.51. The summed E-state index contributed by atoms with van der Waals surface area (Å²) in [5.41, 5.74) is 4.77. The quantitative estimate of drug-likeness (QED) is 0.404. The molecule has 0 radical (unpaired) electrons. The van der Waals surface area contributed by atoms with E-state index in [1.165, 1.54) is 0 Å². The van der Waals surface area contributed by atoms with Crippen LogP contribution in [0.15, 0.2) is 67.3 Å². The maximum absolute atomic E-state index is 12.7. The number of aromatic amines is 1. The molecule has 1 amide bonds. The van der Waals surface area contributed by atoms with Gasteiger partial charge in [-0.05, 0) is 30.7 Å². The molecule has 0 saturated carbocycles. The Kier molecular flexibility index (Phi) is 7.41. The van der Waals surface area contributed by atoms with Gasteiger partial charge in [0.05, 0.1) is 24.8 Å². The first kappa shape index (κ1) is 24.2. The normalized spacial score (nSPS) is 10.8. The maximum atomic E-state index is 12.7. The number of aromatic nitrogens is 5. The van der Waals surface area contributed by atoms with Crippen LogP contribution in [0.5, 0.6) is 0 Å². The number of anilines is 1. The zero-order valence-electron chi connectivity index (χ0n) is 17.7. The fraction of sp³-hybridized carbons (Fsp3) is 0.136. The van der Waals surface area contributed by atoms with Gasteiger partial charge in [-0.3, -0.25) is 4.79 Å². The maximum Gasteiger partial charge on any atom is 0.490 e. The second-order valence-electron chi connectivity index (χ2n) is 7.03. The summed E-state index contributed by atoms with van der Waals surface area (Å²) in [6.07, 6.45) is 0.147. The standard InChI is InChI=1S/C20H18N6O.C2HF3O2/c1-14-7-8-15(9-18(14)20(27)23-16-5-3-2-4-6-16)19-12-26(25-24-19)11-17-10-21-13-22-17;3-2(4,5)1(6)7/h2-10,12-13H,11H2,1H3,(H,21,22)(H,23,27);(H,6,7). The largest absolute Gasteiger partial charge is 0.490 e. The van der Waals surface area contributed by atoms with Crippen LogP contribution < -0.4 is 5.32 Å². The average Bonchev–Trinajstić information content (AvgIpc) is 3.47. The molecule has 0 aliphatic heterocycles. The van der Waals surface area contributed by atoms with Crippen LogP contribution in [0.3, 0.4) is 0 Å². The molecule has 0 atom stereocenters. The number of para-hydroxylation sites is 1. The number of rotatable bonds is 5. The molecule has 12 heteroatoms. The number of hydrogen-bond donors (Lipinski definition) is 3. The molecule has 3 N–H and O–H groups in total. The zero-order chi connectivity index (χ0) is 24.7. The van der Waals surface area contributed by atoms with Gasteiger partial charge in [0.1, 0.15) is 5.69 Å². The molecule has 0 fully saturated rings. The van der Waals surface area contributed by atoms with E-state index in [1.54, 1.807) is 17.2 Å². The van der Waals surface area contributed by atoms with E-state index in [-0.39, 0.29) is 5.91 Å². The molecule has 0 aliphatic carbocycles. The lowest BCUT2D eigenvalue weighted by atomic mass is 10.0. The minimum atomic E-state index is -5.08. The number of nitrogens with zero attached hydrogens (tertiary/aromatic N) is 4. The minimum Gasteiger partial charge on any atom is -0.475 e. The van der Waals surface area contributed by atoms with E-state index in [9.17, 15) is 18.0 Å². The number of amides is 1. The van der Waals surface area contributed by atoms with E-state index in [0.29, 0.717) is 17.8 Å². The van der Waals surface area contributed by atoms with Crippen LogP contribution in [0.2, 0.25) is 0 Å². The highest BCUT2D eigenvalue weighted by molar-refractivity contribution is 6.05. The molecule has 0 bridgehead atoms. The number of carbonyl (C=O) groups is 2. The van der Waals surface area contributed by atoms with Gasteiger partial charge in [-0.25, -0.2) is 14.5 Å². The van der Waals surface area contributed by atoms with E-state index in [0.717, 1.165) is 22.5 Å². The number of carbonyl (C=O) groups excluding carboxylic acids is 1. The molecule has 0 saturated heterocycles. The van der Waals surface area contributed by atoms with Crippen molar-refractivity contribution in [2.45, 2.75) is 19.6 Å². The highest BCUT2D eigenvalue weighted by Gasteiger charge is 2.38. The summed E-state index contributed by atoms with van der Waals surface area (Å²) >= 11 is 0. The Bertz CT molecular complexity index is 1250. The minimum absolute atomic E-state index is 0.148. The summed E-state index contributed by atoms with van der Waals surface area (Å²) < 4.78 is 33.5. The van der Waals surface area contributed by atoms with Crippen LogP contribution >= 0.6 is 0 Å². The van der Waals surface area contributed by atoms with Crippen LogP contribution in [0.4, 0.5) is 18.9 Å². The summed E-state index contributed by atoms with van der Waals surface area (Å²) in [5.74, 6) is -2.90. The van der Waals surface area contributed by atoms with Gasteiger partial charge in [-0.15, -0.1) is 5.10 Å². The number of H-pyrrole nitrogens is 1. The molecule has 0 unspecified atom stereocenters. The highest BCUT2D eigenvalue weighted by Crippen LogP contribution is 2.21. The third-order valence-electron chi connectivity index (χ3n) is 4.48. The van der Waals surface area contributed by atoms with Gasteiger partial charge in [0.25, 0.3) is 5.91 Å². The van der Waals surface area contributed by atoms with E-state index < -0.39 is 12.1 Å².